The van der Waals surface area contributed by atoms with E-state index in [0.717, 1.165) is 0 Å². The summed E-state index contributed by atoms with van der Waals surface area (Å²) in [4.78, 5) is 0. The molecule has 0 unspecified atom stereocenters. The maximum atomic E-state index is 8.42. The number of hydrogen-bond donors (Lipinski definition) is 3. The Morgan fingerprint density at radius 1 is 1.12 bits per heavy atom. The minimum Gasteiger partial charge on any atom is -0.390 e. The zero-order chi connectivity index (χ0) is 4.99. The van der Waals surface area contributed by atoms with Crippen LogP contribution in [-0.2, 0) is 0 Å². The standard InChI is InChI=1S/C3H10N2O.2BrH/c4-1-3(6)2-5;;/h3,6H,1-2,4-5H2;2*1H. The molecule has 5 N–H and O–H groups in total. The van der Waals surface area contributed by atoms with E-state index in [1.165, 1.54) is 0 Å². The summed E-state index contributed by atoms with van der Waals surface area (Å²) >= 11 is 0. The third-order valence-electron chi connectivity index (χ3n) is 0.544. The lowest BCUT2D eigenvalue weighted by Crippen LogP contribution is -2.27. The number of hydrogen-bond acceptors (Lipinski definition) is 3. The Bertz CT molecular complexity index is 34.5. The molecule has 0 aliphatic heterocycles. The average molecular weight is 252 g/mol. The van der Waals surface area contributed by atoms with Gasteiger partial charge in [0.1, 0.15) is 0 Å². The quantitative estimate of drug-likeness (QED) is 0.615. The highest BCUT2D eigenvalue weighted by Gasteiger charge is 1.91. The van der Waals surface area contributed by atoms with Crippen molar-refractivity contribution in [1.29, 1.82) is 0 Å². The van der Waals surface area contributed by atoms with E-state index in [1.54, 1.807) is 0 Å². The molecule has 0 atom stereocenters. The summed E-state index contributed by atoms with van der Waals surface area (Å²) < 4.78 is 0. The monoisotopic (exact) mass is 250 g/mol. The smallest absolute Gasteiger partial charge is 0.0784 e. The number of aliphatic hydroxyl groups excluding tert-OH is 1. The Balaban J connectivity index is -0.000000125. The normalized spacial score (nSPS) is 7.50. The molecule has 3 nitrogen and oxygen atoms in total. The molecule has 5 heteroatoms. The van der Waals surface area contributed by atoms with Gasteiger partial charge in [-0.25, -0.2) is 0 Å². The highest BCUT2D eigenvalue weighted by molar-refractivity contribution is 8.93. The summed E-state index contributed by atoms with van der Waals surface area (Å²) in [5.74, 6) is 0. The fourth-order valence-electron chi connectivity index (χ4n) is 0.0962. The van der Waals surface area contributed by atoms with Crippen molar-refractivity contribution in [3.63, 3.8) is 0 Å². The van der Waals surface area contributed by atoms with Gasteiger partial charge in [0, 0.05) is 13.1 Å². The second-order valence-corrected chi connectivity index (χ2v) is 1.13. The third-order valence-corrected chi connectivity index (χ3v) is 0.544. The van der Waals surface area contributed by atoms with E-state index in [1.807, 2.05) is 0 Å². The highest BCUT2D eigenvalue weighted by atomic mass is 79.9. The second kappa shape index (κ2) is 10.8. The summed E-state index contributed by atoms with van der Waals surface area (Å²) in [6.07, 6.45) is -0.509. The van der Waals surface area contributed by atoms with Crippen LogP contribution in [0.25, 0.3) is 0 Å². The lowest BCUT2D eigenvalue weighted by Gasteiger charge is -1.98. The SMILES string of the molecule is Br.Br.NCC(O)CN. The van der Waals surface area contributed by atoms with Gasteiger partial charge in [0.25, 0.3) is 0 Å². The molecule has 0 aromatic rings. The lowest BCUT2D eigenvalue weighted by molar-refractivity contribution is 0.191. The molecule has 0 rings (SSSR count). The summed E-state index contributed by atoms with van der Waals surface area (Å²) in [6.45, 7) is 0.521. The molecular formula is C3H12Br2N2O. The van der Waals surface area contributed by atoms with Crippen molar-refractivity contribution in [2.24, 2.45) is 11.5 Å². The molecule has 0 heterocycles. The van der Waals surface area contributed by atoms with Crippen LogP contribution in [0.4, 0.5) is 0 Å². The molecule has 0 amide bonds. The Morgan fingerprint density at radius 3 is 1.38 bits per heavy atom. The van der Waals surface area contributed by atoms with Crippen molar-refractivity contribution >= 4 is 34.0 Å². The van der Waals surface area contributed by atoms with E-state index in [-0.39, 0.29) is 47.1 Å². The molecule has 0 aromatic heterocycles. The third kappa shape index (κ3) is 9.96. The molecular weight excluding hydrogens is 240 g/mol. The van der Waals surface area contributed by atoms with Crippen LogP contribution in [0.15, 0.2) is 0 Å². The zero-order valence-electron chi connectivity index (χ0n) is 4.41. The fourth-order valence-corrected chi connectivity index (χ4v) is 0.0962. The van der Waals surface area contributed by atoms with Gasteiger partial charge in [-0.1, -0.05) is 0 Å². The summed E-state index contributed by atoms with van der Waals surface area (Å²) in [6, 6.07) is 0. The fraction of sp³-hybridized carbons (Fsp3) is 1.00. The van der Waals surface area contributed by atoms with Gasteiger partial charge in [-0.05, 0) is 0 Å². The van der Waals surface area contributed by atoms with Crippen molar-refractivity contribution in [3.05, 3.63) is 0 Å². The predicted octanol–water partition coefficient (Wildman–Crippen LogP) is -0.580. The first kappa shape index (κ1) is 15.9. The Hall–Kier alpha value is 0.840. The van der Waals surface area contributed by atoms with Crippen LogP contribution in [0.1, 0.15) is 0 Å². The Labute approximate surface area is 70.0 Å². The van der Waals surface area contributed by atoms with Crippen LogP contribution in [0.3, 0.4) is 0 Å². The zero-order valence-corrected chi connectivity index (χ0v) is 7.84. The van der Waals surface area contributed by atoms with Crippen LogP contribution < -0.4 is 11.5 Å². The second-order valence-electron chi connectivity index (χ2n) is 1.13. The highest BCUT2D eigenvalue weighted by Crippen LogP contribution is 1.66. The van der Waals surface area contributed by atoms with Crippen LogP contribution in [0.5, 0.6) is 0 Å². The molecule has 8 heavy (non-hydrogen) atoms. The molecule has 0 bridgehead atoms. The van der Waals surface area contributed by atoms with E-state index in [9.17, 15) is 0 Å². The van der Waals surface area contributed by atoms with Gasteiger partial charge < -0.3 is 16.6 Å². The van der Waals surface area contributed by atoms with E-state index in [0.29, 0.717) is 0 Å². The number of halogens is 2. The molecule has 0 spiro atoms. The maximum absolute atomic E-state index is 8.42. The summed E-state index contributed by atoms with van der Waals surface area (Å²) in [5.41, 5.74) is 9.91. The van der Waals surface area contributed by atoms with Gasteiger partial charge in [-0.3, -0.25) is 0 Å². The average Bonchev–Trinajstić information content (AvgIpc) is 1.65. The van der Waals surface area contributed by atoms with E-state index < -0.39 is 6.10 Å². The van der Waals surface area contributed by atoms with E-state index >= 15 is 0 Å². The minimum atomic E-state index is -0.509. The number of rotatable bonds is 2. The van der Waals surface area contributed by atoms with Gasteiger partial charge in [0.2, 0.25) is 0 Å². The van der Waals surface area contributed by atoms with Crippen LogP contribution in [-0.4, -0.2) is 24.3 Å². The molecule has 0 saturated heterocycles. The van der Waals surface area contributed by atoms with Gasteiger partial charge in [0.15, 0.2) is 0 Å². The molecule has 0 fully saturated rings. The lowest BCUT2D eigenvalue weighted by atomic mass is 10.4. The minimum absolute atomic E-state index is 0. The van der Waals surface area contributed by atoms with Gasteiger partial charge in [-0.15, -0.1) is 34.0 Å². The number of nitrogens with two attached hydrogens (primary N) is 2. The van der Waals surface area contributed by atoms with E-state index in [4.69, 9.17) is 16.6 Å². The van der Waals surface area contributed by atoms with Crippen molar-refractivity contribution in [1.82, 2.24) is 0 Å². The molecule has 0 saturated carbocycles. The molecule has 0 aliphatic rings. The first-order chi connectivity index (χ1) is 2.81. The van der Waals surface area contributed by atoms with Gasteiger partial charge in [-0.2, -0.15) is 0 Å². The van der Waals surface area contributed by atoms with E-state index in [2.05, 4.69) is 0 Å². The predicted molar refractivity (Wildman–Crippen MR) is 44.8 cm³/mol. The molecule has 54 valence electrons. The topological polar surface area (TPSA) is 72.3 Å². The maximum Gasteiger partial charge on any atom is 0.0784 e. The Morgan fingerprint density at radius 2 is 1.38 bits per heavy atom. The van der Waals surface area contributed by atoms with Crippen molar-refractivity contribution in [2.75, 3.05) is 13.1 Å². The largest absolute Gasteiger partial charge is 0.390 e. The first-order valence-electron chi connectivity index (χ1n) is 1.89. The summed E-state index contributed by atoms with van der Waals surface area (Å²) in [7, 11) is 0. The van der Waals surface area contributed by atoms with Crippen LogP contribution >= 0.6 is 34.0 Å². The first-order valence-corrected chi connectivity index (χ1v) is 1.89. The van der Waals surface area contributed by atoms with Gasteiger partial charge >= 0.3 is 0 Å². The van der Waals surface area contributed by atoms with Gasteiger partial charge in [0.05, 0.1) is 6.10 Å². The summed E-state index contributed by atoms with van der Waals surface area (Å²) in [5, 5.41) is 8.42. The number of aliphatic hydroxyl groups is 1. The molecule has 0 aliphatic carbocycles. The Kier molecular flexibility index (Phi) is 21.4. The van der Waals surface area contributed by atoms with Crippen LogP contribution in [0, 0.1) is 0 Å². The van der Waals surface area contributed by atoms with Crippen molar-refractivity contribution in [2.45, 2.75) is 6.10 Å². The van der Waals surface area contributed by atoms with Crippen LogP contribution in [0.2, 0.25) is 0 Å². The molecule has 0 aromatic carbocycles. The van der Waals surface area contributed by atoms with Crippen molar-refractivity contribution < 1.29 is 5.11 Å². The molecule has 0 radical (unpaired) electrons. The van der Waals surface area contributed by atoms with Crippen molar-refractivity contribution in [3.8, 4) is 0 Å².